The van der Waals surface area contributed by atoms with Crippen LogP contribution in [0.1, 0.15) is 18.2 Å². The summed E-state index contributed by atoms with van der Waals surface area (Å²) in [5, 5.41) is 3.27. The number of aromatic nitrogens is 2. The number of rotatable bonds is 4. The number of H-pyrrole nitrogens is 1. The van der Waals surface area contributed by atoms with Crippen LogP contribution in [0, 0.1) is 6.92 Å². The van der Waals surface area contributed by atoms with E-state index in [0.29, 0.717) is 0 Å². The van der Waals surface area contributed by atoms with Gasteiger partial charge in [0, 0.05) is 24.0 Å². The van der Waals surface area contributed by atoms with Gasteiger partial charge in [0.1, 0.15) is 5.82 Å². The zero-order valence-electron chi connectivity index (χ0n) is 9.75. The Bertz CT molecular complexity index is 460. The number of nitrogens with one attached hydrogen (secondary N) is 2. The fourth-order valence-corrected chi connectivity index (χ4v) is 1.65. The molecule has 2 N–H and O–H groups in total. The molecule has 2 aromatic rings. The Labute approximate surface area is 95.9 Å². The van der Waals surface area contributed by atoms with Crippen molar-refractivity contribution in [3.8, 4) is 11.4 Å². The first-order valence-electron chi connectivity index (χ1n) is 5.61. The maximum Gasteiger partial charge on any atom is 0.137 e. The summed E-state index contributed by atoms with van der Waals surface area (Å²) in [7, 11) is 0. The molecule has 0 aliphatic carbocycles. The molecule has 0 saturated heterocycles. The van der Waals surface area contributed by atoms with Crippen molar-refractivity contribution < 1.29 is 0 Å². The van der Waals surface area contributed by atoms with Crippen LogP contribution in [0.3, 0.4) is 0 Å². The van der Waals surface area contributed by atoms with Crippen LogP contribution in [-0.4, -0.2) is 16.5 Å². The molecule has 0 aliphatic rings. The van der Waals surface area contributed by atoms with Gasteiger partial charge in [-0.15, -0.1) is 0 Å². The van der Waals surface area contributed by atoms with Gasteiger partial charge in [0.15, 0.2) is 0 Å². The summed E-state index contributed by atoms with van der Waals surface area (Å²) in [4.78, 5) is 7.70. The van der Waals surface area contributed by atoms with Gasteiger partial charge in [0.05, 0.1) is 0 Å². The fourth-order valence-electron chi connectivity index (χ4n) is 1.65. The second kappa shape index (κ2) is 4.94. The Kier molecular flexibility index (Phi) is 3.37. The SMILES string of the molecule is CCNCc1cnc(-c2cccc(C)c2)[nH]1. The lowest BCUT2D eigenvalue weighted by molar-refractivity contribution is 0.714. The van der Waals surface area contributed by atoms with E-state index in [1.54, 1.807) is 0 Å². The Balaban J connectivity index is 2.18. The second-order valence-electron chi connectivity index (χ2n) is 3.91. The van der Waals surface area contributed by atoms with Crippen LogP contribution < -0.4 is 5.32 Å². The first-order chi connectivity index (χ1) is 7.79. The van der Waals surface area contributed by atoms with Crippen LogP contribution in [0.5, 0.6) is 0 Å². The Morgan fingerprint density at radius 3 is 3.00 bits per heavy atom. The topological polar surface area (TPSA) is 40.7 Å². The van der Waals surface area contributed by atoms with Crippen molar-refractivity contribution in [1.82, 2.24) is 15.3 Å². The van der Waals surface area contributed by atoms with Crippen molar-refractivity contribution in [3.63, 3.8) is 0 Å². The molecule has 0 amide bonds. The molecule has 3 nitrogen and oxygen atoms in total. The minimum atomic E-state index is 0.843. The molecule has 0 saturated carbocycles. The summed E-state index contributed by atoms with van der Waals surface area (Å²) in [6, 6.07) is 8.35. The normalized spacial score (nSPS) is 10.6. The van der Waals surface area contributed by atoms with Gasteiger partial charge in [0.2, 0.25) is 0 Å². The Hall–Kier alpha value is -1.61. The Morgan fingerprint density at radius 2 is 2.25 bits per heavy atom. The van der Waals surface area contributed by atoms with Gasteiger partial charge >= 0.3 is 0 Å². The van der Waals surface area contributed by atoms with E-state index in [4.69, 9.17) is 0 Å². The molecule has 0 atom stereocenters. The van der Waals surface area contributed by atoms with Crippen LogP contribution in [0.25, 0.3) is 11.4 Å². The van der Waals surface area contributed by atoms with Gasteiger partial charge in [-0.05, 0) is 19.5 Å². The van der Waals surface area contributed by atoms with E-state index < -0.39 is 0 Å². The maximum absolute atomic E-state index is 4.38. The van der Waals surface area contributed by atoms with Crippen LogP contribution in [0.2, 0.25) is 0 Å². The predicted molar refractivity (Wildman–Crippen MR) is 66.1 cm³/mol. The van der Waals surface area contributed by atoms with Crippen LogP contribution in [0.4, 0.5) is 0 Å². The molecule has 0 bridgehead atoms. The molecule has 0 unspecified atom stereocenters. The summed E-state index contributed by atoms with van der Waals surface area (Å²) in [5.41, 5.74) is 3.52. The van der Waals surface area contributed by atoms with Crippen molar-refractivity contribution in [2.24, 2.45) is 0 Å². The van der Waals surface area contributed by atoms with Crippen LogP contribution in [-0.2, 0) is 6.54 Å². The van der Waals surface area contributed by atoms with Gasteiger partial charge in [0.25, 0.3) is 0 Å². The lowest BCUT2D eigenvalue weighted by Gasteiger charge is -1.99. The average Bonchev–Trinajstić information content (AvgIpc) is 2.75. The highest BCUT2D eigenvalue weighted by atomic mass is 15.0. The second-order valence-corrected chi connectivity index (χ2v) is 3.91. The van der Waals surface area contributed by atoms with Crippen molar-refractivity contribution in [2.45, 2.75) is 20.4 Å². The molecule has 1 aromatic carbocycles. The molecule has 84 valence electrons. The molecule has 16 heavy (non-hydrogen) atoms. The van der Waals surface area contributed by atoms with Crippen molar-refractivity contribution >= 4 is 0 Å². The first kappa shape index (κ1) is 10.9. The third-order valence-corrected chi connectivity index (χ3v) is 2.49. The molecule has 0 fully saturated rings. The summed E-state index contributed by atoms with van der Waals surface area (Å²) in [5.74, 6) is 0.941. The van der Waals surface area contributed by atoms with Crippen molar-refractivity contribution in [1.29, 1.82) is 0 Å². The quantitative estimate of drug-likeness (QED) is 0.822. The molecule has 3 heteroatoms. The van der Waals surface area contributed by atoms with Crippen molar-refractivity contribution in [3.05, 3.63) is 41.7 Å². The van der Waals surface area contributed by atoms with E-state index in [2.05, 4.69) is 53.4 Å². The number of hydrogen-bond acceptors (Lipinski definition) is 2. The minimum Gasteiger partial charge on any atom is -0.341 e. The standard InChI is InChI=1S/C13H17N3/c1-3-14-8-12-9-15-13(16-12)11-6-4-5-10(2)7-11/h4-7,9,14H,3,8H2,1-2H3,(H,15,16). The molecular formula is C13H17N3. The molecule has 0 radical (unpaired) electrons. The van der Waals surface area contributed by atoms with Gasteiger partial charge in [-0.25, -0.2) is 4.98 Å². The molecular weight excluding hydrogens is 198 g/mol. The average molecular weight is 215 g/mol. The summed E-state index contributed by atoms with van der Waals surface area (Å²) >= 11 is 0. The smallest absolute Gasteiger partial charge is 0.137 e. The number of aromatic amines is 1. The van der Waals surface area contributed by atoms with Gasteiger partial charge in [-0.2, -0.15) is 0 Å². The number of benzene rings is 1. The molecule has 2 rings (SSSR count). The maximum atomic E-state index is 4.38. The molecule has 0 aliphatic heterocycles. The van der Waals surface area contributed by atoms with E-state index in [-0.39, 0.29) is 0 Å². The van der Waals surface area contributed by atoms with E-state index in [9.17, 15) is 0 Å². The number of hydrogen-bond donors (Lipinski definition) is 2. The van der Waals surface area contributed by atoms with E-state index in [1.807, 2.05) is 6.20 Å². The summed E-state index contributed by atoms with van der Waals surface area (Å²) < 4.78 is 0. The highest BCUT2D eigenvalue weighted by Gasteiger charge is 2.02. The fraction of sp³-hybridized carbons (Fsp3) is 0.308. The number of nitrogens with zero attached hydrogens (tertiary/aromatic N) is 1. The molecule has 1 aromatic heterocycles. The lowest BCUT2D eigenvalue weighted by atomic mass is 10.1. The minimum absolute atomic E-state index is 0.843. The highest BCUT2D eigenvalue weighted by Crippen LogP contribution is 2.16. The molecule has 0 spiro atoms. The Morgan fingerprint density at radius 1 is 1.38 bits per heavy atom. The van der Waals surface area contributed by atoms with Gasteiger partial charge < -0.3 is 10.3 Å². The third kappa shape index (κ3) is 2.49. The van der Waals surface area contributed by atoms with Crippen LogP contribution >= 0.6 is 0 Å². The predicted octanol–water partition coefficient (Wildman–Crippen LogP) is 2.49. The number of aryl methyl sites for hydroxylation is 1. The van der Waals surface area contributed by atoms with E-state index >= 15 is 0 Å². The molecule has 1 heterocycles. The van der Waals surface area contributed by atoms with Gasteiger partial charge in [-0.1, -0.05) is 30.7 Å². The third-order valence-electron chi connectivity index (χ3n) is 2.49. The lowest BCUT2D eigenvalue weighted by Crippen LogP contribution is -2.11. The zero-order chi connectivity index (χ0) is 11.4. The van der Waals surface area contributed by atoms with Gasteiger partial charge in [-0.3, -0.25) is 0 Å². The first-order valence-corrected chi connectivity index (χ1v) is 5.61. The van der Waals surface area contributed by atoms with Crippen molar-refractivity contribution in [2.75, 3.05) is 6.54 Å². The largest absolute Gasteiger partial charge is 0.341 e. The summed E-state index contributed by atoms with van der Waals surface area (Å²) in [6.45, 7) is 6.00. The summed E-state index contributed by atoms with van der Waals surface area (Å²) in [6.07, 6.45) is 1.89. The van der Waals surface area contributed by atoms with Crippen LogP contribution in [0.15, 0.2) is 30.5 Å². The zero-order valence-corrected chi connectivity index (χ0v) is 9.75. The van der Waals surface area contributed by atoms with E-state index in [0.717, 1.165) is 30.2 Å². The van der Waals surface area contributed by atoms with E-state index in [1.165, 1.54) is 5.56 Å². The highest BCUT2D eigenvalue weighted by molar-refractivity contribution is 5.56. The number of imidazole rings is 1. The monoisotopic (exact) mass is 215 g/mol.